The summed E-state index contributed by atoms with van der Waals surface area (Å²) in [5.74, 6) is 1.56. The molecule has 0 bridgehead atoms. The Morgan fingerprint density at radius 2 is 1.93 bits per heavy atom. The summed E-state index contributed by atoms with van der Waals surface area (Å²) < 4.78 is 21.5. The van der Waals surface area contributed by atoms with Gasteiger partial charge in [0.1, 0.15) is 35.1 Å². The first-order valence-corrected chi connectivity index (χ1v) is 16.9. The van der Waals surface area contributed by atoms with Crippen LogP contribution in [0.1, 0.15) is 36.1 Å². The van der Waals surface area contributed by atoms with Crippen molar-refractivity contribution < 1.29 is 19.3 Å². The van der Waals surface area contributed by atoms with Crippen molar-refractivity contribution in [3.8, 4) is 16.2 Å². The molecular formula is C34H36ClFN6O3S. The van der Waals surface area contributed by atoms with Gasteiger partial charge in [-0.3, -0.25) is 9.58 Å². The molecule has 0 unspecified atom stereocenters. The Kier molecular flexibility index (Phi) is 9.19. The number of aliphatic hydroxyl groups excluding tert-OH is 2. The van der Waals surface area contributed by atoms with Gasteiger partial charge in [0, 0.05) is 28.9 Å². The van der Waals surface area contributed by atoms with Gasteiger partial charge in [0.05, 0.1) is 35.4 Å². The van der Waals surface area contributed by atoms with Gasteiger partial charge in [0.25, 0.3) is 0 Å². The van der Waals surface area contributed by atoms with Gasteiger partial charge in [-0.25, -0.2) is 14.4 Å². The van der Waals surface area contributed by atoms with E-state index in [0.717, 1.165) is 84.7 Å². The molecule has 7 rings (SSSR count). The number of rotatable bonds is 11. The van der Waals surface area contributed by atoms with E-state index >= 15 is 0 Å². The van der Waals surface area contributed by atoms with Crippen LogP contribution in [-0.4, -0.2) is 67.2 Å². The molecule has 0 amide bonds. The van der Waals surface area contributed by atoms with Crippen molar-refractivity contribution in [1.29, 1.82) is 0 Å². The van der Waals surface area contributed by atoms with Crippen molar-refractivity contribution in [3.05, 3.63) is 82.6 Å². The molecule has 1 saturated heterocycles. The second-order valence-corrected chi connectivity index (χ2v) is 13.4. The number of halogens is 2. The van der Waals surface area contributed by atoms with E-state index in [1.807, 2.05) is 12.1 Å². The third kappa shape index (κ3) is 6.47. The maximum absolute atomic E-state index is 13.5. The fourth-order valence-corrected chi connectivity index (χ4v) is 8.02. The largest absolute Gasteiger partial charge is 0.487 e. The van der Waals surface area contributed by atoms with Crippen LogP contribution in [0.2, 0.25) is 5.02 Å². The minimum atomic E-state index is -0.301. The maximum Gasteiger partial charge on any atom is 0.142 e. The number of anilines is 2. The van der Waals surface area contributed by atoms with E-state index in [9.17, 15) is 14.6 Å². The fourth-order valence-electron chi connectivity index (χ4n) is 6.57. The Bertz CT molecular complexity index is 1840. The monoisotopic (exact) mass is 662 g/mol. The molecule has 9 nitrogen and oxygen atoms in total. The minimum Gasteiger partial charge on any atom is -0.487 e. The van der Waals surface area contributed by atoms with Crippen molar-refractivity contribution in [2.45, 2.75) is 51.3 Å². The van der Waals surface area contributed by atoms with Gasteiger partial charge in [0.15, 0.2) is 0 Å². The second kappa shape index (κ2) is 13.6. The van der Waals surface area contributed by atoms with E-state index in [-0.39, 0.29) is 31.7 Å². The molecule has 3 aromatic heterocycles. The van der Waals surface area contributed by atoms with Crippen molar-refractivity contribution in [3.63, 3.8) is 0 Å². The maximum atomic E-state index is 13.5. The lowest BCUT2D eigenvalue weighted by atomic mass is 9.93. The molecule has 0 saturated carbocycles. The number of thiophene rings is 1. The predicted octanol–water partition coefficient (Wildman–Crippen LogP) is 6.22. The summed E-state index contributed by atoms with van der Waals surface area (Å²) in [6.45, 7) is 2.91. The molecule has 0 radical (unpaired) electrons. The number of aliphatic hydroxyl groups is 2. The van der Waals surface area contributed by atoms with E-state index in [1.165, 1.54) is 28.1 Å². The van der Waals surface area contributed by atoms with Crippen LogP contribution in [0.5, 0.6) is 5.75 Å². The molecule has 2 aliphatic rings. The first-order valence-electron chi connectivity index (χ1n) is 15.7. The lowest BCUT2D eigenvalue weighted by molar-refractivity contribution is 0.0477. The summed E-state index contributed by atoms with van der Waals surface area (Å²) >= 11 is 8.25. The van der Waals surface area contributed by atoms with Gasteiger partial charge in [0.2, 0.25) is 0 Å². The summed E-state index contributed by atoms with van der Waals surface area (Å²) in [6.07, 6.45) is 8.71. The smallest absolute Gasteiger partial charge is 0.142 e. The SMILES string of the molecule is OCC(CO)N1CCC(CCn2cc3c(n2)CCc2c-3sc3ncnc(Nc4ccc(OCc5cccc(F)c5)c(Cl)c4)c23)CC1. The van der Waals surface area contributed by atoms with E-state index < -0.39 is 0 Å². The van der Waals surface area contributed by atoms with Gasteiger partial charge < -0.3 is 20.3 Å². The van der Waals surface area contributed by atoms with E-state index in [0.29, 0.717) is 16.7 Å². The molecule has 240 valence electrons. The van der Waals surface area contributed by atoms with Crippen LogP contribution in [0.4, 0.5) is 15.9 Å². The summed E-state index contributed by atoms with van der Waals surface area (Å²) in [7, 11) is 0. The molecule has 46 heavy (non-hydrogen) atoms. The number of aromatic nitrogens is 4. The minimum absolute atomic E-state index is 0.000158. The van der Waals surface area contributed by atoms with E-state index in [4.69, 9.17) is 21.4 Å². The highest BCUT2D eigenvalue weighted by Crippen LogP contribution is 2.45. The molecule has 0 spiro atoms. The zero-order valence-electron chi connectivity index (χ0n) is 25.3. The number of likely N-dealkylation sites (tertiary alicyclic amines) is 1. The average Bonchev–Trinajstić information content (AvgIpc) is 3.66. The summed E-state index contributed by atoms with van der Waals surface area (Å²) in [5, 5.41) is 28.9. The fraction of sp³-hybridized carbons (Fsp3) is 0.382. The molecule has 2 aromatic carbocycles. The number of hydrogen-bond donors (Lipinski definition) is 3. The van der Waals surface area contributed by atoms with E-state index in [2.05, 4.69) is 31.1 Å². The standard InChI is InChI=1S/C34H36ClFN6O3S/c35-28-15-24(4-7-30(28)45-19-22-2-1-3-23(36)14-22)39-33-31-26-5-6-29-27(32(26)46-34(31)38-20-37-33)16-42(40-29)13-10-21-8-11-41(12-9-21)25(17-43)18-44/h1-4,7,14-16,20-21,25,43-44H,5-6,8-13,17-19H2,(H,37,38,39). The molecule has 3 N–H and O–H groups in total. The number of piperidine rings is 1. The first kappa shape index (κ1) is 31.0. The number of ether oxygens (including phenoxy) is 1. The Balaban J connectivity index is 1.04. The van der Waals surface area contributed by atoms with Crippen LogP contribution in [0.25, 0.3) is 20.7 Å². The van der Waals surface area contributed by atoms with Crippen LogP contribution in [0.15, 0.2) is 55.0 Å². The average molecular weight is 663 g/mol. The van der Waals surface area contributed by atoms with Crippen LogP contribution < -0.4 is 10.1 Å². The predicted molar refractivity (Wildman–Crippen MR) is 178 cm³/mol. The molecule has 0 atom stereocenters. The number of hydrogen-bond acceptors (Lipinski definition) is 9. The third-order valence-corrected chi connectivity index (χ3v) is 10.6. The lowest BCUT2D eigenvalue weighted by Gasteiger charge is -2.36. The van der Waals surface area contributed by atoms with Gasteiger partial charge in [-0.2, -0.15) is 5.10 Å². The first-order chi connectivity index (χ1) is 22.5. The molecule has 1 aliphatic heterocycles. The molecule has 4 heterocycles. The van der Waals surface area contributed by atoms with Gasteiger partial charge in [-0.05, 0) is 92.6 Å². The quantitative estimate of drug-likeness (QED) is 0.153. The van der Waals surface area contributed by atoms with Crippen LogP contribution in [0, 0.1) is 11.7 Å². The number of fused-ring (bicyclic) bond motifs is 5. The highest BCUT2D eigenvalue weighted by atomic mass is 35.5. The number of aryl methyl sites for hydroxylation is 3. The highest BCUT2D eigenvalue weighted by Gasteiger charge is 2.28. The van der Waals surface area contributed by atoms with Gasteiger partial charge in [-0.15, -0.1) is 11.3 Å². The number of benzene rings is 2. The molecule has 1 fully saturated rings. The van der Waals surface area contributed by atoms with Crippen LogP contribution >= 0.6 is 22.9 Å². The third-order valence-electron chi connectivity index (χ3n) is 9.11. The Hall–Kier alpha value is -3.61. The molecular weight excluding hydrogens is 627 g/mol. The molecule has 1 aliphatic carbocycles. The summed E-state index contributed by atoms with van der Waals surface area (Å²) in [6, 6.07) is 11.7. The Morgan fingerprint density at radius 1 is 1.09 bits per heavy atom. The topological polar surface area (TPSA) is 109 Å². The summed E-state index contributed by atoms with van der Waals surface area (Å²) in [5.41, 5.74) is 5.06. The van der Waals surface area contributed by atoms with Crippen molar-refractivity contribution in [2.24, 2.45) is 5.92 Å². The van der Waals surface area contributed by atoms with Gasteiger partial charge >= 0.3 is 0 Å². The van der Waals surface area contributed by atoms with E-state index in [1.54, 1.807) is 35.9 Å². The highest BCUT2D eigenvalue weighted by molar-refractivity contribution is 7.22. The molecule has 12 heteroatoms. The Morgan fingerprint density at radius 3 is 2.72 bits per heavy atom. The summed E-state index contributed by atoms with van der Waals surface area (Å²) in [4.78, 5) is 13.6. The Labute approximate surface area is 275 Å². The zero-order chi connectivity index (χ0) is 31.6. The second-order valence-electron chi connectivity index (χ2n) is 12.0. The molecule has 5 aromatic rings. The number of nitrogens with one attached hydrogen (secondary N) is 1. The van der Waals surface area contributed by atoms with Crippen molar-refractivity contribution in [2.75, 3.05) is 31.6 Å². The van der Waals surface area contributed by atoms with Gasteiger partial charge in [-0.1, -0.05) is 23.7 Å². The van der Waals surface area contributed by atoms with Crippen LogP contribution in [0.3, 0.4) is 0 Å². The zero-order valence-corrected chi connectivity index (χ0v) is 26.9. The van der Waals surface area contributed by atoms with Crippen molar-refractivity contribution in [1.82, 2.24) is 24.6 Å². The lowest BCUT2D eigenvalue weighted by Crippen LogP contribution is -2.45. The van der Waals surface area contributed by atoms with Crippen LogP contribution in [-0.2, 0) is 26.0 Å². The number of nitrogens with zero attached hydrogens (tertiary/aromatic N) is 5. The normalized spacial score (nSPS) is 15.3. The van der Waals surface area contributed by atoms with Crippen molar-refractivity contribution >= 4 is 44.7 Å².